The number of rotatable bonds is 6. The summed E-state index contributed by atoms with van der Waals surface area (Å²) in [6.45, 7) is 3.58. The van der Waals surface area contributed by atoms with E-state index in [1.54, 1.807) is 19.4 Å². The van der Waals surface area contributed by atoms with Crippen molar-refractivity contribution in [2.24, 2.45) is 0 Å². The van der Waals surface area contributed by atoms with Gasteiger partial charge in [0, 0.05) is 36.3 Å². The van der Waals surface area contributed by atoms with E-state index in [4.69, 9.17) is 4.74 Å². The number of pyridine rings is 1. The maximum absolute atomic E-state index is 12.8. The van der Waals surface area contributed by atoms with Crippen molar-refractivity contribution in [1.29, 1.82) is 0 Å². The summed E-state index contributed by atoms with van der Waals surface area (Å²) in [5.41, 5.74) is 3.70. The normalized spacial score (nSPS) is 13.9. The molecule has 0 saturated carbocycles. The Balaban J connectivity index is 1.38. The number of amides is 1. The Hall–Kier alpha value is -3.33. The van der Waals surface area contributed by atoms with Gasteiger partial charge in [-0.05, 0) is 49.6 Å². The van der Waals surface area contributed by atoms with Crippen molar-refractivity contribution >= 4 is 40.0 Å². The minimum Gasteiger partial charge on any atom is -0.497 e. The molecule has 1 amide bonds. The molecular formula is C23H23N5O3S. The van der Waals surface area contributed by atoms with Crippen molar-refractivity contribution in [1.82, 2.24) is 24.5 Å². The number of ketones is 1. The average Bonchev–Trinajstić information content (AvgIpc) is 3.57. The van der Waals surface area contributed by atoms with E-state index in [1.807, 2.05) is 40.5 Å². The van der Waals surface area contributed by atoms with Crippen LogP contribution in [-0.2, 0) is 0 Å². The predicted octanol–water partition coefficient (Wildman–Crippen LogP) is 3.74. The molecular weight excluding hydrogens is 426 g/mol. The van der Waals surface area contributed by atoms with Crippen LogP contribution in [0.25, 0.3) is 16.6 Å². The van der Waals surface area contributed by atoms with E-state index in [1.165, 1.54) is 11.8 Å². The van der Waals surface area contributed by atoms with Crippen LogP contribution in [0.4, 0.5) is 0 Å². The minimum atomic E-state index is -0.0718. The van der Waals surface area contributed by atoms with Gasteiger partial charge in [0.25, 0.3) is 5.91 Å². The lowest BCUT2D eigenvalue weighted by molar-refractivity contribution is 0.0787. The Morgan fingerprint density at radius 1 is 1.16 bits per heavy atom. The molecule has 1 fully saturated rings. The van der Waals surface area contributed by atoms with Crippen molar-refractivity contribution in [3.8, 4) is 5.75 Å². The fourth-order valence-corrected chi connectivity index (χ4v) is 4.95. The summed E-state index contributed by atoms with van der Waals surface area (Å²) < 4.78 is 7.34. The van der Waals surface area contributed by atoms with Crippen LogP contribution in [0.2, 0.25) is 0 Å². The number of hydrogen-bond donors (Lipinski definition) is 1. The number of aromatic amines is 1. The molecule has 1 N–H and O–H groups in total. The summed E-state index contributed by atoms with van der Waals surface area (Å²) in [6, 6.07) is 9.52. The molecule has 1 saturated heterocycles. The Bertz CT molecular complexity index is 1340. The Kier molecular flexibility index (Phi) is 5.34. The van der Waals surface area contributed by atoms with Crippen LogP contribution >= 0.6 is 11.8 Å². The van der Waals surface area contributed by atoms with Gasteiger partial charge in [0.2, 0.25) is 0 Å². The molecule has 4 heterocycles. The molecule has 3 aromatic heterocycles. The highest BCUT2D eigenvalue weighted by molar-refractivity contribution is 7.99. The van der Waals surface area contributed by atoms with Gasteiger partial charge in [-0.2, -0.15) is 0 Å². The topological polar surface area (TPSA) is 92.6 Å². The molecule has 1 aliphatic rings. The largest absolute Gasteiger partial charge is 0.497 e. The highest BCUT2D eigenvalue weighted by atomic mass is 32.2. The number of nitrogens with zero attached hydrogens (tertiary/aromatic N) is 4. The molecule has 0 spiro atoms. The first kappa shape index (κ1) is 20.6. The summed E-state index contributed by atoms with van der Waals surface area (Å²) in [5.74, 6) is 0.813. The van der Waals surface area contributed by atoms with Crippen molar-refractivity contribution in [3.63, 3.8) is 0 Å². The number of nitrogens with one attached hydrogen (secondary N) is 1. The van der Waals surface area contributed by atoms with Crippen LogP contribution in [0, 0.1) is 6.92 Å². The van der Waals surface area contributed by atoms with Gasteiger partial charge >= 0.3 is 0 Å². The average molecular weight is 450 g/mol. The number of benzene rings is 1. The monoisotopic (exact) mass is 449 g/mol. The third-order valence-electron chi connectivity index (χ3n) is 5.84. The SMILES string of the molecule is COc1ccc2c(C)cc3nnc(SCC(=O)c4c[nH]c(C(=O)N5CCCC5)c4)n3c2c1. The third kappa shape index (κ3) is 3.62. The number of methoxy groups -OCH3 is 1. The quantitative estimate of drug-likeness (QED) is 0.356. The highest BCUT2D eigenvalue weighted by Crippen LogP contribution is 2.29. The van der Waals surface area contributed by atoms with Crippen molar-refractivity contribution < 1.29 is 14.3 Å². The Morgan fingerprint density at radius 3 is 2.75 bits per heavy atom. The number of thioether (sulfide) groups is 1. The second kappa shape index (κ2) is 8.31. The van der Waals surface area contributed by atoms with Crippen LogP contribution in [0.1, 0.15) is 39.3 Å². The molecule has 5 rings (SSSR count). The van der Waals surface area contributed by atoms with Gasteiger partial charge in [-0.1, -0.05) is 11.8 Å². The smallest absolute Gasteiger partial charge is 0.270 e. The molecule has 0 radical (unpaired) electrons. The molecule has 0 atom stereocenters. The first-order chi connectivity index (χ1) is 15.5. The number of hydrogen-bond acceptors (Lipinski definition) is 6. The van der Waals surface area contributed by atoms with Gasteiger partial charge < -0.3 is 14.6 Å². The maximum atomic E-state index is 12.8. The summed E-state index contributed by atoms with van der Waals surface area (Å²) in [6.07, 6.45) is 3.67. The second-order valence-corrected chi connectivity index (χ2v) is 8.84. The molecule has 0 unspecified atom stereocenters. The van der Waals surface area contributed by atoms with Crippen LogP contribution in [0.3, 0.4) is 0 Å². The minimum absolute atomic E-state index is 0.0477. The van der Waals surface area contributed by atoms with Crippen LogP contribution in [0.5, 0.6) is 5.75 Å². The first-order valence-corrected chi connectivity index (χ1v) is 11.5. The van der Waals surface area contributed by atoms with Crippen LogP contribution in [-0.4, -0.2) is 62.1 Å². The number of ether oxygens (including phenoxy) is 1. The van der Waals surface area contributed by atoms with Crippen molar-refractivity contribution in [2.75, 3.05) is 26.0 Å². The lowest BCUT2D eigenvalue weighted by Gasteiger charge is -2.13. The maximum Gasteiger partial charge on any atom is 0.270 e. The molecule has 9 heteroatoms. The van der Waals surface area contributed by atoms with Gasteiger partial charge in [0.1, 0.15) is 11.4 Å². The van der Waals surface area contributed by atoms with E-state index in [0.717, 1.165) is 53.8 Å². The van der Waals surface area contributed by atoms with Crippen molar-refractivity contribution in [3.05, 3.63) is 53.3 Å². The third-order valence-corrected chi connectivity index (χ3v) is 6.76. The zero-order chi connectivity index (χ0) is 22.2. The lowest BCUT2D eigenvalue weighted by atomic mass is 10.1. The first-order valence-electron chi connectivity index (χ1n) is 10.5. The number of aromatic nitrogens is 4. The van der Waals surface area contributed by atoms with Gasteiger partial charge in [0.15, 0.2) is 16.6 Å². The highest BCUT2D eigenvalue weighted by Gasteiger charge is 2.22. The zero-order valence-corrected chi connectivity index (χ0v) is 18.7. The molecule has 0 aliphatic carbocycles. The lowest BCUT2D eigenvalue weighted by Crippen LogP contribution is -2.27. The number of fused-ring (bicyclic) bond motifs is 3. The molecule has 164 valence electrons. The van der Waals surface area contributed by atoms with E-state index < -0.39 is 0 Å². The van der Waals surface area contributed by atoms with Crippen LogP contribution < -0.4 is 4.74 Å². The molecule has 32 heavy (non-hydrogen) atoms. The van der Waals surface area contributed by atoms with E-state index in [2.05, 4.69) is 15.2 Å². The Labute approximate surface area is 189 Å². The van der Waals surface area contributed by atoms with E-state index >= 15 is 0 Å². The van der Waals surface area contributed by atoms with Gasteiger partial charge in [0.05, 0.1) is 18.4 Å². The fourth-order valence-electron chi connectivity index (χ4n) is 4.11. The number of likely N-dealkylation sites (tertiary alicyclic amines) is 1. The number of Topliss-reactive ketones (excluding diaryl/α,β-unsaturated/α-hetero) is 1. The van der Waals surface area contributed by atoms with Crippen molar-refractivity contribution in [2.45, 2.75) is 24.9 Å². The van der Waals surface area contributed by atoms with E-state index in [0.29, 0.717) is 16.4 Å². The summed E-state index contributed by atoms with van der Waals surface area (Å²) in [7, 11) is 1.63. The van der Waals surface area contributed by atoms with Gasteiger partial charge in [-0.15, -0.1) is 10.2 Å². The number of carbonyl (C=O) groups is 2. The zero-order valence-electron chi connectivity index (χ0n) is 17.9. The predicted molar refractivity (Wildman–Crippen MR) is 123 cm³/mol. The molecule has 1 aromatic carbocycles. The number of aryl methyl sites for hydroxylation is 1. The molecule has 8 nitrogen and oxygen atoms in total. The summed E-state index contributed by atoms with van der Waals surface area (Å²) >= 11 is 1.33. The fraction of sp³-hybridized carbons (Fsp3) is 0.304. The van der Waals surface area contributed by atoms with Gasteiger partial charge in [-0.3, -0.25) is 14.0 Å². The van der Waals surface area contributed by atoms with Gasteiger partial charge in [-0.25, -0.2) is 0 Å². The second-order valence-electron chi connectivity index (χ2n) is 7.90. The Morgan fingerprint density at radius 2 is 1.97 bits per heavy atom. The molecule has 0 bridgehead atoms. The summed E-state index contributed by atoms with van der Waals surface area (Å²) in [4.78, 5) is 30.1. The summed E-state index contributed by atoms with van der Waals surface area (Å²) in [5, 5.41) is 10.3. The number of carbonyl (C=O) groups excluding carboxylic acids is 2. The standard InChI is InChI=1S/C23H23N5O3S/c1-14-9-21-25-26-23(28(21)19-11-16(31-2)5-6-17(14)19)32-13-20(29)15-10-18(24-12-15)22(30)27-7-3-4-8-27/h5-6,9-12,24H,3-4,7-8,13H2,1-2H3. The molecule has 1 aliphatic heterocycles. The number of H-pyrrole nitrogens is 1. The van der Waals surface area contributed by atoms with Crippen LogP contribution in [0.15, 0.2) is 41.7 Å². The molecule has 4 aromatic rings. The van der Waals surface area contributed by atoms with E-state index in [-0.39, 0.29) is 17.4 Å². The van der Waals surface area contributed by atoms with E-state index in [9.17, 15) is 9.59 Å².